The number of amides is 1. The van der Waals surface area contributed by atoms with Crippen LogP contribution in [0.15, 0.2) is 12.1 Å². The second kappa shape index (κ2) is 8.39. The van der Waals surface area contributed by atoms with Gasteiger partial charge >= 0.3 is 0 Å². The van der Waals surface area contributed by atoms with Crippen molar-refractivity contribution < 1.29 is 4.79 Å². The van der Waals surface area contributed by atoms with Crippen LogP contribution in [0, 0.1) is 6.92 Å². The van der Waals surface area contributed by atoms with Crippen molar-refractivity contribution in [2.45, 2.75) is 39.0 Å². The maximum atomic E-state index is 11.9. The molecule has 2 aromatic rings. The molecule has 8 heteroatoms. The molecular weight excluding hydrogens is 342 g/mol. The number of nitrogens with zero attached hydrogens (tertiary/aromatic N) is 5. The van der Waals surface area contributed by atoms with Crippen LogP contribution in [0.4, 0.5) is 11.6 Å². The summed E-state index contributed by atoms with van der Waals surface area (Å²) in [7, 11) is 3.73. The molecule has 0 saturated carbocycles. The Morgan fingerprint density at radius 3 is 2.59 bits per heavy atom. The van der Waals surface area contributed by atoms with Gasteiger partial charge in [0.05, 0.1) is 0 Å². The maximum absolute atomic E-state index is 11.9. The molecule has 0 aliphatic carbocycles. The predicted molar refractivity (Wildman–Crippen MR) is 104 cm³/mol. The highest BCUT2D eigenvalue weighted by Crippen LogP contribution is 2.26. The summed E-state index contributed by atoms with van der Waals surface area (Å²) in [5, 5.41) is 14.0. The summed E-state index contributed by atoms with van der Waals surface area (Å²) in [6, 6.07) is 3.75. The van der Waals surface area contributed by atoms with Gasteiger partial charge in [-0.15, -0.1) is 10.2 Å². The van der Waals surface area contributed by atoms with E-state index in [1.165, 1.54) is 0 Å². The number of nitrogens with one attached hydrogen (secondary N) is 2. The fourth-order valence-electron chi connectivity index (χ4n) is 3.31. The highest BCUT2D eigenvalue weighted by molar-refractivity contribution is 5.93. The minimum Gasteiger partial charge on any atom is -0.354 e. The molecular formula is C19H27N7O. The van der Waals surface area contributed by atoms with Crippen LogP contribution in [0.5, 0.6) is 0 Å². The van der Waals surface area contributed by atoms with E-state index in [2.05, 4.69) is 37.8 Å². The molecule has 27 heavy (non-hydrogen) atoms. The highest BCUT2D eigenvalue weighted by atomic mass is 16.1. The zero-order chi connectivity index (χ0) is 19.4. The molecule has 1 aliphatic rings. The van der Waals surface area contributed by atoms with E-state index in [-0.39, 0.29) is 5.91 Å². The van der Waals surface area contributed by atoms with Gasteiger partial charge in [-0.25, -0.2) is 9.97 Å². The molecule has 3 rings (SSSR count). The Morgan fingerprint density at radius 2 is 1.93 bits per heavy atom. The maximum Gasteiger partial charge on any atom is 0.271 e. The molecule has 8 nitrogen and oxygen atoms in total. The summed E-state index contributed by atoms with van der Waals surface area (Å²) in [4.78, 5) is 23.6. The van der Waals surface area contributed by atoms with Crippen molar-refractivity contribution in [1.82, 2.24) is 30.4 Å². The van der Waals surface area contributed by atoms with Gasteiger partial charge in [0.1, 0.15) is 11.6 Å². The van der Waals surface area contributed by atoms with E-state index < -0.39 is 0 Å². The average molecular weight is 369 g/mol. The number of likely N-dealkylation sites (tertiary alicyclic amines) is 1. The minimum atomic E-state index is -0.228. The minimum absolute atomic E-state index is 0.228. The zero-order valence-corrected chi connectivity index (χ0v) is 16.4. The Hall–Kier alpha value is -2.61. The summed E-state index contributed by atoms with van der Waals surface area (Å²) in [5.74, 6) is 2.33. The zero-order valence-electron chi connectivity index (χ0n) is 16.4. The molecule has 0 bridgehead atoms. The Kier molecular flexibility index (Phi) is 5.95. The van der Waals surface area contributed by atoms with E-state index in [9.17, 15) is 4.79 Å². The Balaban J connectivity index is 1.82. The normalized spacial score (nSPS) is 15.6. The van der Waals surface area contributed by atoms with Gasteiger partial charge < -0.3 is 15.5 Å². The van der Waals surface area contributed by atoms with Crippen LogP contribution >= 0.6 is 0 Å². The second-order valence-corrected chi connectivity index (χ2v) is 6.99. The molecule has 1 amide bonds. The van der Waals surface area contributed by atoms with Gasteiger partial charge in [0.15, 0.2) is 11.5 Å². The SMILES string of the molecule is CCc1cc(Nc2cc(C)nc(C3CCN(C)CC3)n2)nnc1C(=O)NC. The molecule has 3 heterocycles. The number of carbonyl (C=O) groups is 1. The van der Waals surface area contributed by atoms with Gasteiger partial charge in [-0.3, -0.25) is 4.79 Å². The first kappa shape index (κ1) is 19.2. The first-order chi connectivity index (χ1) is 13.0. The molecule has 0 radical (unpaired) electrons. The third kappa shape index (κ3) is 4.57. The summed E-state index contributed by atoms with van der Waals surface area (Å²) in [6.07, 6.45) is 2.83. The number of hydrogen-bond donors (Lipinski definition) is 2. The summed E-state index contributed by atoms with van der Waals surface area (Å²) >= 11 is 0. The largest absolute Gasteiger partial charge is 0.354 e. The van der Waals surface area contributed by atoms with E-state index in [0.29, 0.717) is 29.7 Å². The van der Waals surface area contributed by atoms with Gasteiger partial charge in [0, 0.05) is 24.7 Å². The van der Waals surface area contributed by atoms with Gasteiger partial charge in [0.2, 0.25) is 0 Å². The number of aryl methyl sites for hydroxylation is 2. The Bertz CT molecular complexity index is 816. The van der Waals surface area contributed by atoms with E-state index in [1.54, 1.807) is 7.05 Å². The lowest BCUT2D eigenvalue weighted by Gasteiger charge is -2.28. The first-order valence-corrected chi connectivity index (χ1v) is 9.40. The quantitative estimate of drug-likeness (QED) is 0.833. The Labute approximate surface area is 159 Å². The average Bonchev–Trinajstić information content (AvgIpc) is 2.67. The van der Waals surface area contributed by atoms with E-state index in [1.807, 2.05) is 26.0 Å². The van der Waals surface area contributed by atoms with Crippen molar-refractivity contribution in [1.29, 1.82) is 0 Å². The molecule has 2 N–H and O–H groups in total. The van der Waals surface area contributed by atoms with Gasteiger partial charge in [0.25, 0.3) is 5.91 Å². The number of anilines is 2. The smallest absolute Gasteiger partial charge is 0.271 e. The van der Waals surface area contributed by atoms with Crippen LogP contribution in [0.1, 0.15) is 53.3 Å². The van der Waals surface area contributed by atoms with Crippen molar-refractivity contribution >= 4 is 17.5 Å². The standard InChI is InChI=1S/C19H27N7O/c1-5-13-11-16(24-25-17(13)19(27)20-3)22-15-10-12(2)21-18(23-15)14-6-8-26(4)9-7-14/h10-11,14H,5-9H2,1-4H3,(H,20,27)(H,21,22,23,24). The van der Waals surface area contributed by atoms with Crippen LogP contribution in [-0.2, 0) is 6.42 Å². The van der Waals surface area contributed by atoms with E-state index in [0.717, 1.165) is 43.0 Å². The summed E-state index contributed by atoms with van der Waals surface area (Å²) < 4.78 is 0. The second-order valence-electron chi connectivity index (χ2n) is 6.99. The molecule has 0 aromatic carbocycles. The van der Waals surface area contributed by atoms with Gasteiger partial charge in [-0.2, -0.15) is 0 Å². The molecule has 2 aromatic heterocycles. The van der Waals surface area contributed by atoms with E-state index >= 15 is 0 Å². The van der Waals surface area contributed by atoms with Gasteiger partial charge in [-0.05, 0) is 58.0 Å². The molecule has 1 fully saturated rings. The topological polar surface area (TPSA) is 95.9 Å². The van der Waals surface area contributed by atoms with E-state index in [4.69, 9.17) is 4.98 Å². The number of rotatable bonds is 5. The van der Waals surface area contributed by atoms with Crippen LogP contribution < -0.4 is 10.6 Å². The lowest BCUT2D eigenvalue weighted by atomic mass is 9.96. The third-order valence-corrected chi connectivity index (χ3v) is 4.91. The molecule has 0 unspecified atom stereocenters. The fourth-order valence-corrected chi connectivity index (χ4v) is 3.31. The molecule has 144 valence electrons. The van der Waals surface area contributed by atoms with Crippen molar-refractivity contribution in [3.8, 4) is 0 Å². The third-order valence-electron chi connectivity index (χ3n) is 4.91. The van der Waals surface area contributed by atoms with Crippen LogP contribution in [0.3, 0.4) is 0 Å². The molecule has 1 aliphatic heterocycles. The fraction of sp³-hybridized carbons (Fsp3) is 0.526. The highest BCUT2D eigenvalue weighted by Gasteiger charge is 2.21. The summed E-state index contributed by atoms with van der Waals surface area (Å²) in [6.45, 7) is 6.09. The van der Waals surface area contributed by atoms with Crippen molar-refractivity contribution in [2.75, 3.05) is 32.5 Å². The van der Waals surface area contributed by atoms with Crippen molar-refractivity contribution in [3.05, 3.63) is 34.9 Å². The van der Waals surface area contributed by atoms with Crippen LogP contribution in [-0.4, -0.2) is 58.2 Å². The monoisotopic (exact) mass is 369 g/mol. The number of piperidine rings is 1. The van der Waals surface area contributed by atoms with Gasteiger partial charge in [-0.1, -0.05) is 6.92 Å². The predicted octanol–water partition coefficient (Wildman–Crippen LogP) is 2.05. The van der Waals surface area contributed by atoms with Crippen LogP contribution in [0.25, 0.3) is 0 Å². The number of hydrogen-bond acceptors (Lipinski definition) is 7. The summed E-state index contributed by atoms with van der Waals surface area (Å²) in [5.41, 5.74) is 2.12. The number of carbonyl (C=O) groups excluding carboxylic acids is 1. The van der Waals surface area contributed by atoms with Crippen molar-refractivity contribution in [3.63, 3.8) is 0 Å². The van der Waals surface area contributed by atoms with Crippen molar-refractivity contribution in [2.24, 2.45) is 0 Å². The number of aromatic nitrogens is 4. The first-order valence-electron chi connectivity index (χ1n) is 9.40. The lowest BCUT2D eigenvalue weighted by Crippen LogP contribution is -2.30. The molecule has 0 spiro atoms. The van der Waals surface area contributed by atoms with Crippen LogP contribution in [0.2, 0.25) is 0 Å². The molecule has 1 saturated heterocycles. The Morgan fingerprint density at radius 1 is 1.19 bits per heavy atom. The lowest BCUT2D eigenvalue weighted by molar-refractivity contribution is 0.0956. The molecule has 0 atom stereocenters.